The number of nitrogens with zero attached hydrogens (tertiary/aromatic N) is 2. The zero-order valence-electron chi connectivity index (χ0n) is 16.6. The Hall–Kier alpha value is -3.27. The average Bonchev–Trinajstić information content (AvgIpc) is 2.81. The van der Waals surface area contributed by atoms with Crippen LogP contribution in [0.5, 0.6) is 11.6 Å². The maximum absolute atomic E-state index is 12.7. The average molecular weight is 439 g/mol. The normalized spacial score (nSPS) is 14.7. The van der Waals surface area contributed by atoms with E-state index in [0.29, 0.717) is 43.3 Å². The molecule has 0 radical (unpaired) electrons. The van der Waals surface area contributed by atoms with E-state index in [9.17, 15) is 13.2 Å². The van der Waals surface area contributed by atoms with Crippen molar-refractivity contribution < 1.29 is 22.7 Å². The van der Waals surface area contributed by atoms with Gasteiger partial charge in [-0.25, -0.2) is 13.4 Å². The number of sulfonamides is 1. The number of nitrogens with one attached hydrogen (secondary N) is 1. The molecule has 9 heteroatoms. The molecule has 1 amide bonds. The molecular formula is C22H21N3O5S. The molecule has 2 aromatic carbocycles. The van der Waals surface area contributed by atoms with Crippen LogP contribution < -0.4 is 10.1 Å². The van der Waals surface area contributed by atoms with E-state index < -0.39 is 15.9 Å². The number of benzene rings is 2. The molecule has 160 valence electrons. The molecule has 1 fully saturated rings. The van der Waals surface area contributed by atoms with Gasteiger partial charge in [0, 0.05) is 24.8 Å². The van der Waals surface area contributed by atoms with Gasteiger partial charge in [0.2, 0.25) is 15.9 Å². The molecule has 3 aromatic rings. The van der Waals surface area contributed by atoms with E-state index in [1.54, 1.807) is 30.5 Å². The number of para-hydroxylation sites is 1. The van der Waals surface area contributed by atoms with Crippen molar-refractivity contribution in [3.05, 3.63) is 78.5 Å². The third-order valence-electron chi connectivity index (χ3n) is 4.70. The quantitative estimate of drug-likeness (QED) is 0.634. The van der Waals surface area contributed by atoms with E-state index in [1.165, 1.54) is 28.6 Å². The van der Waals surface area contributed by atoms with Crippen LogP contribution in [0.2, 0.25) is 0 Å². The fourth-order valence-corrected chi connectivity index (χ4v) is 4.48. The summed E-state index contributed by atoms with van der Waals surface area (Å²) >= 11 is 0. The van der Waals surface area contributed by atoms with Gasteiger partial charge in [0.15, 0.2) is 0 Å². The fourth-order valence-electron chi connectivity index (χ4n) is 3.08. The van der Waals surface area contributed by atoms with Crippen LogP contribution in [-0.4, -0.2) is 49.9 Å². The lowest BCUT2D eigenvalue weighted by Crippen LogP contribution is -2.40. The number of carbonyl (C=O) groups excluding carboxylic acids is 1. The Morgan fingerprint density at radius 1 is 0.968 bits per heavy atom. The van der Waals surface area contributed by atoms with Crippen LogP contribution in [-0.2, 0) is 14.8 Å². The summed E-state index contributed by atoms with van der Waals surface area (Å²) in [5, 5.41) is 2.77. The first-order valence-corrected chi connectivity index (χ1v) is 11.2. The van der Waals surface area contributed by atoms with Gasteiger partial charge in [-0.2, -0.15) is 4.31 Å². The van der Waals surface area contributed by atoms with Crippen LogP contribution in [0.1, 0.15) is 10.4 Å². The lowest BCUT2D eigenvalue weighted by Gasteiger charge is -2.26. The predicted octanol–water partition coefficient (Wildman–Crippen LogP) is 3.15. The monoisotopic (exact) mass is 439 g/mol. The molecule has 2 heterocycles. The second-order valence-electron chi connectivity index (χ2n) is 6.77. The van der Waals surface area contributed by atoms with Gasteiger partial charge in [-0.1, -0.05) is 18.2 Å². The number of pyridine rings is 1. The molecule has 1 aliphatic heterocycles. The summed E-state index contributed by atoms with van der Waals surface area (Å²) in [6.45, 7) is 1.38. The summed E-state index contributed by atoms with van der Waals surface area (Å²) in [4.78, 5) is 17.0. The Kier molecular flexibility index (Phi) is 6.26. The molecule has 0 spiro atoms. The van der Waals surface area contributed by atoms with Crippen LogP contribution in [0.25, 0.3) is 0 Å². The molecule has 1 N–H and O–H groups in total. The fraction of sp³-hybridized carbons (Fsp3) is 0.182. The Morgan fingerprint density at radius 3 is 2.39 bits per heavy atom. The highest BCUT2D eigenvalue weighted by atomic mass is 32.2. The second kappa shape index (κ2) is 9.25. The smallest absolute Gasteiger partial charge is 0.255 e. The van der Waals surface area contributed by atoms with E-state index in [2.05, 4.69) is 10.3 Å². The molecule has 4 rings (SSSR count). The summed E-state index contributed by atoms with van der Waals surface area (Å²) in [5.74, 6) is 0.448. The van der Waals surface area contributed by atoms with E-state index >= 15 is 0 Å². The van der Waals surface area contributed by atoms with Gasteiger partial charge in [0.1, 0.15) is 11.4 Å². The van der Waals surface area contributed by atoms with Crippen LogP contribution in [0.3, 0.4) is 0 Å². The van der Waals surface area contributed by atoms with Gasteiger partial charge in [-0.3, -0.25) is 4.79 Å². The zero-order valence-corrected chi connectivity index (χ0v) is 17.4. The second-order valence-corrected chi connectivity index (χ2v) is 8.70. The topological polar surface area (TPSA) is 97.8 Å². The Labute approximate surface area is 180 Å². The molecule has 0 bridgehead atoms. The highest BCUT2D eigenvalue weighted by Crippen LogP contribution is 2.27. The number of anilines is 1. The minimum atomic E-state index is -3.61. The van der Waals surface area contributed by atoms with Crippen molar-refractivity contribution in [2.45, 2.75) is 4.90 Å². The van der Waals surface area contributed by atoms with Crippen molar-refractivity contribution in [3.8, 4) is 11.6 Å². The maximum Gasteiger partial charge on any atom is 0.255 e. The van der Waals surface area contributed by atoms with Gasteiger partial charge in [-0.05, 0) is 48.5 Å². The third kappa shape index (κ3) is 4.91. The van der Waals surface area contributed by atoms with Crippen molar-refractivity contribution in [2.24, 2.45) is 0 Å². The molecule has 1 aromatic heterocycles. The Morgan fingerprint density at radius 2 is 1.68 bits per heavy atom. The van der Waals surface area contributed by atoms with E-state index in [4.69, 9.17) is 9.47 Å². The predicted molar refractivity (Wildman–Crippen MR) is 115 cm³/mol. The first-order chi connectivity index (χ1) is 15.0. The van der Waals surface area contributed by atoms with E-state index in [1.807, 2.05) is 18.2 Å². The lowest BCUT2D eigenvalue weighted by atomic mass is 10.2. The molecule has 0 atom stereocenters. The largest absolute Gasteiger partial charge is 0.437 e. The maximum atomic E-state index is 12.7. The van der Waals surface area contributed by atoms with Crippen molar-refractivity contribution in [1.82, 2.24) is 9.29 Å². The number of morpholine rings is 1. The number of hydrogen-bond donors (Lipinski definition) is 1. The number of amides is 1. The number of aromatic nitrogens is 1. The van der Waals surface area contributed by atoms with Crippen molar-refractivity contribution in [2.75, 3.05) is 31.6 Å². The van der Waals surface area contributed by atoms with Gasteiger partial charge in [-0.15, -0.1) is 0 Å². The van der Waals surface area contributed by atoms with Crippen LogP contribution >= 0.6 is 0 Å². The third-order valence-corrected chi connectivity index (χ3v) is 6.61. The lowest BCUT2D eigenvalue weighted by molar-refractivity contribution is 0.0730. The number of ether oxygens (including phenoxy) is 2. The standard InChI is InChI=1S/C22H21N3O5S/c26-21(24-20-7-4-12-23-22(20)30-18-5-2-1-3-6-18)17-8-10-19(11-9-17)31(27,28)25-13-15-29-16-14-25/h1-12H,13-16H2,(H,24,26). The zero-order chi connectivity index (χ0) is 21.7. The van der Waals surface area contributed by atoms with Gasteiger partial charge in [0.25, 0.3) is 5.91 Å². The van der Waals surface area contributed by atoms with Crippen molar-refractivity contribution >= 4 is 21.6 Å². The molecule has 1 aliphatic rings. The molecule has 0 unspecified atom stereocenters. The van der Waals surface area contributed by atoms with Gasteiger partial charge in [0.05, 0.1) is 18.1 Å². The Bertz CT molecular complexity index is 1150. The number of hydrogen-bond acceptors (Lipinski definition) is 6. The highest BCUT2D eigenvalue weighted by molar-refractivity contribution is 7.89. The highest BCUT2D eigenvalue weighted by Gasteiger charge is 2.26. The summed E-state index contributed by atoms with van der Waals surface area (Å²) in [6.07, 6.45) is 1.57. The SMILES string of the molecule is O=C(Nc1cccnc1Oc1ccccc1)c1ccc(S(=O)(=O)N2CCOCC2)cc1. The number of carbonyl (C=O) groups is 1. The van der Waals surface area contributed by atoms with Crippen molar-refractivity contribution in [1.29, 1.82) is 0 Å². The Balaban J connectivity index is 1.48. The van der Waals surface area contributed by atoms with Gasteiger partial charge < -0.3 is 14.8 Å². The molecular weight excluding hydrogens is 418 g/mol. The molecule has 1 saturated heterocycles. The van der Waals surface area contributed by atoms with Crippen molar-refractivity contribution in [3.63, 3.8) is 0 Å². The first-order valence-electron chi connectivity index (χ1n) is 9.71. The number of rotatable bonds is 6. The minimum absolute atomic E-state index is 0.139. The van der Waals surface area contributed by atoms with Crippen LogP contribution in [0, 0.1) is 0 Å². The molecule has 0 aliphatic carbocycles. The molecule has 8 nitrogen and oxygen atoms in total. The van der Waals surface area contributed by atoms with Gasteiger partial charge >= 0.3 is 0 Å². The summed E-state index contributed by atoms with van der Waals surface area (Å²) in [7, 11) is -3.61. The van der Waals surface area contributed by atoms with E-state index in [-0.39, 0.29) is 10.8 Å². The summed E-state index contributed by atoms with van der Waals surface area (Å²) in [5.41, 5.74) is 0.719. The summed E-state index contributed by atoms with van der Waals surface area (Å²) in [6, 6.07) is 18.3. The first kappa shape index (κ1) is 21.0. The summed E-state index contributed by atoms with van der Waals surface area (Å²) < 4.78 is 37.8. The van der Waals surface area contributed by atoms with Crippen LogP contribution in [0.4, 0.5) is 5.69 Å². The molecule has 0 saturated carbocycles. The van der Waals surface area contributed by atoms with E-state index in [0.717, 1.165) is 0 Å². The minimum Gasteiger partial charge on any atom is -0.437 e. The van der Waals surface area contributed by atoms with Crippen LogP contribution in [0.15, 0.2) is 77.8 Å². The molecule has 31 heavy (non-hydrogen) atoms.